The molecule has 1 heterocycles. The van der Waals surface area contributed by atoms with Crippen molar-refractivity contribution in [2.75, 3.05) is 27.8 Å². The third kappa shape index (κ3) is 5.77. The summed E-state index contributed by atoms with van der Waals surface area (Å²) in [7, 11) is 4.77. The Kier molecular flexibility index (Phi) is 7.29. The van der Waals surface area contributed by atoms with Crippen LogP contribution in [0.25, 0.3) is 11.1 Å². The number of pyridine rings is 1. The molecule has 182 valence electrons. The molecule has 0 aliphatic heterocycles. The van der Waals surface area contributed by atoms with Crippen molar-refractivity contribution in [2.24, 2.45) is 5.92 Å². The molecular weight excluding hydrogens is 449 g/mol. The number of amides is 2. The van der Waals surface area contributed by atoms with Gasteiger partial charge in [-0.15, -0.1) is 0 Å². The van der Waals surface area contributed by atoms with Gasteiger partial charge in [-0.1, -0.05) is 24.3 Å². The summed E-state index contributed by atoms with van der Waals surface area (Å²) in [6.45, 7) is 0.605. The summed E-state index contributed by atoms with van der Waals surface area (Å²) < 4.78 is 24.9. The highest BCUT2D eigenvalue weighted by Crippen LogP contribution is 2.32. The SMILES string of the molecule is COc1ccc(CNC(=O)c2cc(-c3ccccc3C(=O)N(C)C)cnc2OCC2CC2)cc1F. The summed E-state index contributed by atoms with van der Waals surface area (Å²) in [4.78, 5) is 31.8. The van der Waals surface area contributed by atoms with E-state index in [1.54, 1.807) is 44.6 Å². The van der Waals surface area contributed by atoms with Gasteiger partial charge in [0.1, 0.15) is 5.56 Å². The van der Waals surface area contributed by atoms with E-state index in [1.807, 2.05) is 12.1 Å². The topological polar surface area (TPSA) is 80.8 Å². The normalized spacial score (nSPS) is 12.7. The molecule has 0 saturated heterocycles. The van der Waals surface area contributed by atoms with Gasteiger partial charge in [-0.2, -0.15) is 0 Å². The van der Waals surface area contributed by atoms with E-state index in [4.69, 9.17) is 9.47 Å². The maximum absolute atomic E-state index is 14.0. The number of halogens is 1. The van der Waals surface area contributed by atoms with E-state index in [0.717, 1.165) is 12.8 Å². The molecule has 8 heteroatoms. The number of hydrogen-bond donors (Lipinski definition) is 1. The largest absolute Gasteiger partial charge is 0.494 e. The summed E-state index contributed by atoms with van der Waals surface area (Å²) in [5.41, 5.74) is 2.63. The Hall–Kier alpha value is -3.94. The lowest BCUT2D eigenvalue weighted by atomic mass is 9.99. The van der Waals surface area contributed by atoms with Crippen molar-refractivity contribution in [2.45, 2.75) is 19.4 Å². The van der Waals surface area contributed by atoms with Crippen molar-refractivity contribution >= 4 is 11.8 Å². The lowest BCUT2D eigenvalue weighted by molar-refractivity contribution is 0.0828. The number of rotatable bonds is 9. The first-order valence-corrected chi connectivity index (χ1v) is 11.4. The Balaban J connectivity index is 1.62. The summed E-state index contributed by atoms with van der Waals surface area (Å²) in [6.07, 6.45) is 3.81. The molecule has 2 aromatic carbocycles. The van der Waals surface area contributed by atoms with Gasteiger partial charge in [0.2, 0.25) is 5.88 Å². The van der Waals surface area contributed by atoms with Crippen LogP contribution in [0.2, 0.25) is 0 Å². The number of nitrogens with one attached hydrogen (secondary N) is 1. The van der Waals surface area contributed by atoms with Crippen LogP contribution in [0, 0.1) is 11.7 Å². The number of methoxy groups -OCH3 is 1. The molecule has 1 saturated carbocycles. The molecule has 35 heavy (non-hydrogen) atoms. The fourth-order valence-corrected chi connectivity index (χ4v) is 3.62. The molecular formula is C27H28FN3O4. The van der Waals surface area contributed by atoms with E-state index in [0.29, 0.717) is 34.8 Å². The molecule has 0 radical (unpaired) electrons. The zero-order valence-corrected chi connectivity index (χ0v) is 20.0. The fourth-order valence-electron chi connectivity index (χ4n) is 3.62. The highest BCUT2D eigenvalue weighted by atomic mass is 19.1. The molecule has 3 aromatic rings. The number of benzene rings is 2. The van der Waals surface area contributed by atoms with Crippen LogP contribution in [0.5, 0.6) is 11.6 Å². The molecule has 1 fully saturated rings. The summed E-state index contributed by atoms with van der Waals surface area (Å²) >= 11 is 0. The predicted molar refractivity (Wildman–Crippen MR) is 130 cm³/mol. The van der Waals surface area contributed by atoms with Gasteiger partial charge in [0.25, 0.3) is 11.8 Å². The van der Waals surface area contributed by atoms with E-state index in [2.05, 4.69) is 10.3 Å². The zero-order valence-electron chi connectivity index (χ0n) is 20.0. The van der Waals surface area contributed by atoms with Crippen LogP contribution >= 0.6 is 0 Å². The van der Waals surface area contributed by atoms with E-state index in [9.17, 15) is 14.0 Å². The Morgan fingerprint density at radius 1 is 1.11 bits per heavy atom. The molecule has 1 aliphatic rings. The second kappa shape index (κ2) is 10.5. The monoisotopic (exact) mass is 477 g/mol. The highest BCUT2D eigenvalue weighted by Gasteiger charge is 2.24. The Morgan fingerprint density at radius 2 is 1.89 bits per heavy atom. The van der Waals surface area contributed by atoms with Crippen molar-refractivity contribution in [3.63, 3.8) is 0 Å². The van der Waals surface area contributed by atoms with Crippen LogP contribution in [0.4, 0.5) is 4.39 Å². The number of carbonyl (C=O) groups excluding carboxylic acids is 2. The average Bonchev–Trinajstić information content (AvgIpc) is 3.70. The van der Waals surface area contributed by atoms with E-state index >= 15 is 0 Å². The first kappa shape index (κ1) is 24.2. The highest BCUT2D eigenvalue weighted by molar-refractivity contribution is 6.02. The molecule has 4 rings (SSSR count). The lowest BCUT2D eigenvalue weighted by Crippen LogP contribution is -2.24. The number of nitrogens with zero attached hydrogens (tertiary/aromatic N) is 2. The molecule has 1 aromatic heterocycles. The van der Waals surface area contributed by atoms with E-state index in [-0.39, 0.29) is 29.6 Å². The van der Waals surface area contributed by atoms with Crippen molar-refractivity contribution in [3.8, 4) is 22.8 Å². The summed E-state index contributed by atoms with van der Waals surface area (Å²) in [5.74, 6) is -0.208. The quantitative estimate of drug-likeness (QED) is 0.497. The van der Waals surface area contributed by atoms with Crippen LogP contribution in [0.1, 0.15) is 39.1 Å². The third-order valence-electron chi connectivity index (χ3n) is 5.79. The lowest BCUT2D eigenvalue weighted by Gasteiger charge is -2.16. The zero-order chi connectivity index (χ0) is 24.9. The van der Waals surface area contributed by atoms with E-state index < -0.39 is 11.7 Å². The number of ether oxygens (including phenoxy) is 2. The van der Waals surface area contributed by atoms with Crippen LogP contribution in [-0.2, 0) is 6.54 Å². The van der Waals surface area contributed by atoms with Gasteiger partial charge in [-0.3, -0.25) is 9.59 Å². The number of carbonyl (C=O) groups is 2. The second-order valence-corrected chi connectivity index (χ2v) is 8.73. The molecule has 1 N–H and O–H groups in total. The number of hydrogen-bond acceptors (Lipinski definition) is 5. The minimum atomic E-state index is -0.501. The van der Waals surface area contributed by atoms with Crippen molar-refractivity contribution < 1.29 is 23.5 Å². The smallest absolute Gasteiger partial charge is 0.257 e. The first-order chi connectivity index (χ1) is 16.9. The van der Waals surface area contributed by atoms with Crippen LogP contribution in [0.15, 0.2) is 54.7 Å². The van der Waals surface area contributed by atoms with Gasteiger partial charge in [0, 0.05) is 38.0 Å². The minimum absolute atomic E-state index is 0.113. The second-order valence-electron chi connectivity index (χ2n) is 8.73. The van der Waals surface area contributed by atoms with Gasteiger partial charge in [0.05, 0.1) is 13.7 Å². The maximum atomic E-state index is 14.0. The summed E-state index contributed by atoms with van der Waals surface area (Å²) in [6, 6.07) is 13.4. The Bertz CT molecular complexity index is 1240. The molecule has 1 aliphatic carbocycles. The van der Waals surface area contributed by atoms with Gasteiger partial charge in [-0.05, 0) is 54.2 Å². The molecule has 0 spiro atoms. The van der Waals surface area contributed by atoms with Gasteiger partial charge >= 0.3 is 0 Å². The van der Waals surface area contributed by atoms with Crippen molar-refractivity contribution in [1.29, 1.82) is 0 Å². The fraction of sp³-hybridized carbons (Fsp3) is 0.296. The Labute approximate surface area is 203 Å². The first-order valence-electron chi connectivity index (χ1n) is 11.4. The van der Waals surface area contributed by atoms with Gasteiger partial charge in [0.15, 0.2) is 11.6 Å². The van der Waals surface area contributed by atoms with E-state index in [1.165, 1.54) is 24.1 Å². The average molecular weight is 478 g/mol. The van der Waals surface area contributed by atoms with Crippen molar-refractivity contribution in [1.82, 2.24) is 15.2 Å². The third-order valence-corrected chi connectivity index (χ3v) is 5.79. The Morgan fingerprint density at radius 3 is 2.57 bits per heavy atom. The van der Waals surface area contributed by atoms with Crippen LogP contribution in [-0.4, -0.2) is 49.5 Å². The molecule has 7 nitrogen and oxygen atoms in total. The standard InChI is InChI=1S/C27H28FN3O4/c1-31(2)27(33)21-7-5-4-6-20(21)19-13-22(26(30-15-19)35-16-17-8-9-17)25(32)29-14-18-10-11-24(34-3)23(28)12-18/h4-7,10-13,15,17H,8-9,14,16H2,1-3H3,(H,29,32). The van der Waals surface area contributed by atoms with Crippen molar-refractivity contribution in [3.05, 3.63) is 77.2 Å². The maximum Gasteiger partial charge on any atom is 0.257 e. The van der Waals surface area contributed by atoms with Crippen LogP contribution in [0.3, 0.4) is 0 Å². The predicted octanol–water partition coefficient (Wildman–Crippen LogP) is 4.32. The summed E-state index contributed by atoms with van der Waals surface area (Å²) in [5, 5.41) is 2.82. The molecule has 0 atom stereocenters. The van der Waals surface area contributed by atoms with Crippen LogP contribution < -0.4 is 14.8 Å². The number of aromatic nitrogens is 1. The molecule has 2 amide bonds. The minimum Gasteiger partial charge on any atom is -0.494 e. The van der Waals surface area contributed by atoms with Gasteiger partial charge < -0.3 is 19.7 Å². The molecule has 0 unspecified atom stereocenters. The molecule has 0 bridgehead atoms. The van der Waals surface area contributed by atoms with Gasteiger partial charge in [-0.25, -0.2) is 9.37 Å².